The number of carbonyl (C=O) groups is 2. The van der Waals surface area contributed by atoms with Gasteiger partial charge in [0.2, 0.25) is 5.91 Å². The zero-order chi connectivity index (χ0) is 15.9. The largest absolute Gasteiger partial charge is 0.480 e. The minimum Gasteiger partial charge on any atom is -0.480 e. The molecule has 2 aromatic carbocycles. The van der Waals surface area contributed by atoms with E-state index < -0.39 is 12.0 Å². The van der Waals surface area contributed by atoms with Crippen molar-refractivity contribution >= 4 is 22.6 Å². The zero-order valence-corrected chi connectivity index (χ0v) is 12.3. The van der Waals surface area contributed by atoms with Crippen molar-refractivity contribution in [2.45, 2.75) is 25.3 Å². The molecule has 0 fully saturated rings. The van der Waals surface area contributed by atoms with Crippen LogP contribution in [0.2, 0.25) is 0 Å². The fraction of sp³-hybridized carbons (Fsp3) is 0.222. The lowest BCUT2D eigenvalue weighted by molar-refractivity contribution is -0.141. The summed E-state index contributed by atoms with van der Waals surface area (Å²) in [7, 11) is 0. The van der Waals surface area contributed by atoms with Crippen LogP contribution in [0.15, 0.2) is 55.1 Å². The van der Waals surface area contributed by atoms with Gasteiger partial charge in [0, 0.05) is 0 Å². The Morgan fingerprint density at radius 2 is 1.91 bits per heavy atom. The van der Waals surface area contributed by atoms with Crippen LogP contribution in [-0.2, 0) is 16.0 Å². The van der Waals surface area contributed by atoms with Crippen molar-refractivity contribution in [2.24, 2.45) is 0 Å². The summed E-state index contributed by atoms with van der Waals surface area (Å²) >= 11 is 0. The maximum Gasteiger partial charge on any atom is 0.326 e. The van der Waals surface area contributed by atoms with Crippen LogP contribution in [0, 0.1) is 0 Å². The number of carboxylic acid groups (broad SMARTS) is 1. The Morgan fingerprint density at radius 1 is 1.18 bits per heavy atom. The molecule has 2 aromatic rings. The van der Waals surface area contributed by atoms with Crippen molar-refractivity contribution in [3.8, 4) is 0 Å². The predicted octanol–water partition coefficient (Wildman–Crippen LogP) is 2.92. The number of allylic oxidation sites excluding steroid dienone is 1. The van der Waals surface area contributed by atoms with Gasteiger partial charge in [0.1, 0.15) is 6.04 Å². The second-order valence-electron chi connectivity index (χ2n) is 5.18. The van der Waals surface area contributed by atoms with Gasteiger partial charge in [-0.15, -0.1) is 6.58 Å². The number of carboxylic acids is 1. The van der Waals surface area contributed by atoms with Gasteiger partial charge in [0.15, 0.2) is 0 Å². The van der Waals surface area contributed by atoms with Gasteiger partial charge in [-0.2, -0.15) is 0 Å². The maximum absolute atomic E-state index is 12.0. The third kappa shape index (κ3) is 4.19. The van der Waals surface area contributed by atoms with E-state index in [2.05, 4.69) is 11.9 Å². The Hall–Kier alpha value is -2.62. The first kappa shape index (κ1) is 15.8. The molecule has 0 spiro atoms. The predicted molar refractivity (Wildman–Crippen MR) is 86.6 cm³/mol. The van der Waals surface area contributed by atoms with Crippen LogP contribution in [-0.4, -0.2) is 23.0 Å². The van der Waals surface area contributed by atoms with Crippen LogP contribution in [0.3, 0.4) is 0 Å². The molecule has 0 saturated heterocycles. The van der Waals surface area contributed by atoms with Gasteiger partial charge in [-0.25, -0.2) is 4.79 Å². The number of hydrogen-bond acceptors (Lipinski definition) is 2. The molecule has 2 rings (SSSR count). The summed E-state index contributed by atoms with van der Waals surface area (Å²) < 4.78 is 0. The topological polar surface area (TPSA) is 66.4 Å². The van der Waals surface area contributed by atoms with Gasteiger partial charge in [-0.3, -0.25) is 4.79 Å². The van der Waals surface area contributed by atoms with Crippen molar-refractivity contribution in [3.63, 3.8) is 0 Å². The fourth-order valence-corrected chi connectivity index (χ4v) is 2.32. The van der Waals surface area contributed by atoms with Gasteiger partial charge in [-0.1, -0.05) is 48.5 Å². The number of hydrogen-bond donors (Lipinski definition) is 2. The molecular weight excluding hydrogens is 278 g/mol. The first-order chi connectivity index (χ1) is 10.6. The second kappa shape index (κ2) is 7.41. The van der Waals surface area contributed by atoms with E-state index in [4.69, 9.17) is 5.11 Å². The molecule has 1 atom stereocenters. The average Bonchev–Trinajstić information content (AvgIpc) is 2.51. The normalized spacial score (nSPS) is 11.8. The lowest BCUT2D eigenvalue weighted by atomic mass is 10.0. The maximum atomic E-state index is 12.0. The molecule has 0 heterocycles. The Labute approximate surface area is 129 Å². The SMILES string of the molecule is C=CCC[C@@H](NC(=O)Cc1ccc2ccccc2c1)C(=O)O. The molecule has 1 amide bonds. The van der Waals surface area contributed by atoms with Crippen LogP contribution in [0.4, 0.5) is 0 Å². The lowest BCUT2D eigenvalue weighted by Crippen LogP contribution is -2.41. The Balaban J connectivity index is 2.02. The minimum absolute atomic E-state index is 0.169. The monoisotopic (exact) mass is 297 g/mol. The standard InChI is InChI=1S/C18H19NO3/c1-2-3-8-16(18(21)22)19-17(20)12-13-9-10-14-6-4-5-7-15(14)11-13/h2,4-7,9-11,16H,1,3,8,12H2,(H,19,20)(H,21,22)/t16-/m1/s1. The molecule has 0 aliphatic carbocycles. The zero-order valence-electron chi connectivity index (χ0n) is 12.3. The van der Waals surface area contributed by atoms with Crippen LogP contribution < -0.4 is 5.32 Å². The molecule has 0 aliphatic heterocycles. The van der Waals surface area contributed by atoms with Crippen molar-refractivity contribution in [2.75, 3.05) is 0 Å². The molecule has 4 nitrogen and oxygen atoms in total. The molecule has 114 valence electrons. The van der Waals surface area contributed by atoms with Gasteiger partial charge >= 0.3 is 5.97 Å². The highest BCUT2D eigenvalue weighted by Crippen LogP contribution is 2.16. The number of rotatable bonds is 7. The van der Waals surface area contributed by atoms with Crippen molar-refractivity contribution in [1.82, 2.24) is 5.32 Å². The third-order valence-corrected chi connectivity index (χ3v) is 3.47. The highest BCUT2D eigenvalue weighted by Gasteiger charge is 2.18. The second-order valence-corrected chi connectivity index (χ2v) is 5.18. The first-order valence-corrected chi connectivity index (χ1v) is 7.21. The van der Waals surface area contributed by atoms with Gasteiger partial charge in [-0.05, 0) is 29.2 Å². The summed E-state index contributed by atoms with van der Waals surface area (Å²) in [6.07, 6.45) is 2.71. The smallest absolute Gasteiger partial charge is 0.326 e. The molecule has 0 aromatic heterocycles. The van der Waals surface area contributed by atoms with Crippen LogP contribution in [0.25, 0.3) is 10.8 Å². The van der Waals surface area contributed by atoms with E-state index >= 15 is 0 Å². The number of carbonyl (C=O) groups excluding carboxylic acids is 1. The quantitative estimate of drug-likeness (QED) is 0.772. The average molecular weight is 297 g/mol. The highest BCUT2D eigenvalue weighted by atomic mass is 16.4. The lowest BCUT2D eigenvalue weighted by Gasteiger charge is -2.13. The van der Waals surface area contributed by atoms with E-state index in [1.165, 1.54) is 0 Å². The van der Waals surface area contributed by atoms with E-state index in [9.17, 15) is 9.59 Å². The number of fused-ring (bicyclic) bond motifs is 1. The summed E-state index contributed by atoms with van der Waals surface area (Å²) in [5, 5.41) is 13.8. The summed E-state index contributed by atoms with van der Waals surface area (Å²) in [4.78, 5) is 23.1. The molecule has 22 heavy (non-hydrogen) atoms. The molecule has 4 heteroatoms. The van der Waals surface area contributed by atoms with E-state index in [0.717, 1.165) is 16.3 Å². The van der Waals surface area contributed by atoms with E-state index in [-0.39, 0.29) is 12.3 Å². The molecule has 0 bridgehead atoms. The molecule has 2 N–H and O–H groups in total. The van der Waals surface area contributed by atoms with E-state index in [1.54, 1.807) is 6.08 Å². The number of amides is 1. The molecule has 0 aliphatic rings. The van der Waals surface area contributed by atoms with Gasteiger partial charge in [0.25, 0.3) is 0 Å². The van der Waals surface area contributed by atoms with Gasteiger partial charge in [0.05, 0.1) is 6.42 Å². The summed E-state index contributed by atoms with van der Waals surface area (Å²) in [5.41, 5.74) is 0.865. The van der Waals surface area contributed by atoms with Crippen LogP contribution in [0.5, 0.6) is 0 Å². The third-order valence-electron chi connectivity index (χ3n) is 3.47. The number of aliphatic carboxylic acids is 1. The first-order valence-electron chi connectivity index (χ1n) is 7.21. The van der Waals surface area contributed by atoms with Crippen LogP contribution >= 0.6 is 0 Å². The molecular formula is C18H19NO3. The minimum atomic E-state index is -1.02. The molecule has 0 saturated carbocycles. The van der Waals surface area contributed by atoms with Crippen molar-refractivity contribution in [3.05, 3.63) is 60.7 Å². The fourth-order valence-electron chi connectivity index (χ4n) is 2.32. The highest BCUT2D eigenvalue weighted by molar-refractivity contribution is 5.87. The van der Waals surface area contributed by atoms with Gasteiger partial charge < -0.3 is 10.4 Å². The van der Waals surface area contributed by atoms with E-state index in [0.29, 0.717) is 12.8 Å². The van der Waals surface area contributed by atoms with Crippen molar-refractivity contribution in [1.29, 1.82) is 0 Å². The summed E-state index contributed by atoms with van der Waals surface area (Å²) in [5.74, 6) is -1.31. The summed E-state index contributed by atoms with van der Waals surface area (Å²) in [6, 6.07) is 12.8. The van der Waals surface area contributed by atoms with E-state index in [1.807, 2.05) is 42.5 Å². The Bertz CT molecular complexity index is 694. The molecule has 0 radical (unpaired) electrons. The Morgan fingerprint density at radius 3 is 2.59 bits per heavy atom. The van der Waals surface area contributed by atoms with Crippen molar-refractivity contribution < 1.29 is 14.7 Å². The number of benzene rings is 2. The molecule has 0 unspecified atom stereocenters. The number of nitrogens with one attached hydrogen (secondary N) is 1. The van der Waals surface area contributed by atoms with Crippen LogP contribution in [0.1, 0.15) is 18.4 Å². The Kier molecular flexibility index (Phi) is 5.31. The summed E-state index contributed by atoms with van der Waals surface area (Å²) in [6.45, 7) is 3.56.